The van der Waals surface area contributed by atoms with Crippen LogP contribution < -0.4 is 15.7 Å². The molecule has 0 saturated carbocycles. The highest BCUT2D eigenvalue weighted by Crippen LogP contribution is 2.09. The van der Waals surface area contributed by atoms with E-state index in [4.69, 9.17) is 29.9 Å². The fourth-order valence-corrected chi connectivity index (χ4v) is 2.16. The average molecular weight is 318 g/mol. The lowest BCUT2D eigenvalue weighted by molar-refractivity contribution is 0.402. The summed E-state index contributed by atoms with van der Waals surface area (Å²) < 4.78 is 4.97. The summed E-state index contributed by atoms with van der Waals surface area (Å²) in [4.78, 5) is 0. The average Bonchev–Trinajstić information content (AvgIpc) is 2.46. The number of phenols is 1. The first-order chi connectivity index (χ1) is 10.8. The molecule has 0 fully saturated rings. The van der Waals surface area contributed by atoms with Crippen LogP contribution >= 0.6 is 0 Å². The number of ether oxygens (including phenoxy) is 1. The van der Waals surface area contributed by atoms with Gasteiger partial charge >= 0.3 is 14.2 Å². The molecule has 2 rings (SSSR count). The Balaban J connectivity index is 0.000000231. The summed E-state index contributed by atoms with van der Waals surface area (Å²) in [6.07, 6.45) is 0. The highest BCUT2D eigenvalue weighted by Gasteiger charge is 2.19. The topological polar surface area (TPSA) is 110 Å². The van der Waals surface area contributed by atoms with Gasteiger partial charge < -0.3 is 29.9 Å². The molecule has 0 saturated heterocycles. The third-order valence-corrected chi connectivity index (χ3v) is 3.32. The van der Waals surface area contributed by atoms with Gasteiger partial charge in [-0.25, -0.2) is 0 Å². The van der Waals surface area contributed by atoms with Crippen LogP contribution in [-0.2, 0) is 0 Å². The van der Waals surface area contributed by atoms with E-state index in [1.165, 1.54) is 13.2 Å². The van der Waals surface area contributed by atoms with Gasteiger partial charge in [-0.2, -0.15) is 0 Å². The molecule has 2 aromatic rings. The van der Waals surface area contributed by atoms with E-state index in [1.807, 2.05) is 0 Å². The van der Waals surface area contributed by atoms with Gasteiger partial charge in [-0.15, -0.1) is 0 Å². The van der Waals surface area contributed by atoms with Crippen LogP contribution in [0, 0.1) is 13.8 Å². The second-order valence-electron chi connectivity index (χ2n) is 4.95. The molecule has 0 amide bonds. The molecule has 8 heteroatoms. The van der Waals surface area contributed by atoms with Crippen molar-refractivity contribution >= 4 is 25.2 Å². The van der Waals surface area contributed by atoms with E-state index in [-0.39, 0.29) is 11.2 Å². The zero-order valence-electron chi connectivity index (χ0n) is 13.3. The molecule has 0 radical (unpaired) electrons. The van der Waals surface area contributed by atoms with Crippen molar-refractivity contribution in [2.45, 2.75) is 13.8 Å². The zero-order chi connectivity index (χ0) is 17.6. The largest absolute Gasteiger partial charge is 0.508 e. The summed E-state index contributed by atoms with van der Waals surface area (Å²) in [5.74, 6) is 0.421. The molecule has 0 aliphatic heterocycles. The minimum absolute atomic E-state index is 0.0833. The summed E-state index contributed by atoms with van der Waals surface area (Å²) in [7, 11) is -1.57. The molecular weight excluding hydrogens is 298 g/mol. The van der Waals surface area contributed by atoms with Crippen LogP contribution in [0.15, 0.2) is 36.4 Å². The molecule has 122 valence electrons. The van der Waals surface area contributed by atoms with Gasteiger partial charge in [-0.3, -0.25) is 0 Å². The highest BCUT2D eigenvalue weighted by atomic mass is 16.5. The molecule has 0 aliphatic rings. The molecule has 5 N–H and O–H groups in total. The lowest BCUT2D eigenvalue weighted by Crippen LogP contribution is -2.33. The molecule has 0 bridgehead atoms. The molecule has 0 unspecified atom stereocenters. The standard InChI is InChI=1S/C8H11BO3.C7H9BO3/c1-6-4-3-5-7(12-2)8(6)9(10)11;1-5-3-2-4-6(9)7(5)8(10)11/h3-5,10-11H,1-2H3;2-4,9-11H,1H3. The number of benzene rings is 2. The second kappa shape index (κ2) is 8.59. The molecule has 0 atom stereocenters. The predicted octanol–water partition coefficient (Wildman–Crippen LogP) is -0.936. The zero-order valence-corrected chi connectivity index (χ0v) is 13.3. The van der Waals surface area contributed by atoms with Crippen LogP contribution in [0.3, 0.4) is 0 Å². The van der Waals surface area contributed by atoms with Gasteiger partial charge in [0, 0.05) is 10.9 Å². The van der Waals surface area contributed by atoms with Gasteiger partial charge in [0.05, 0.1) is 7.11 Å². The lowest BCUT2D eigenvalue weighted by atomic mass is 9.76. The number of aromatic hydroxyl groups is 1. The molecule has 0 aliphatic carbocycles. The van der Waals surface area contributed by atoms with Crippen molar-refractivity contribution in [2.24, 2.45) is 0 Å². The van der Waals surface area contributed by atoms with Gasteiger partial charge in [0.25, 0.3) is 0 Å². The number of hydrogen-bond donors (Lipinski definition) is 5. The molecule has 23 heavy (non-hydrogen) atoms. The number of hydrogen-bond acceptors (Lipinski definition) is 6. The lowest BCUT2D eigenvalue weighted by Gasteiger charge is -2.09. The Kier molecular flexibility index (Phi) is 7.12. The quantitative estimate of drug-likeness (QED) is 0.468. The number of phenolic OH excluding ortho intramolecular Hbond substituents is 1. The van der Waals surface area contributed by atoms with Gasteiger partial charge in [0.15, 0.2) is 0 Å². The molecule has 0 aromatic heterocycles. The van der Waals surface area contributed by atoms with Crippen molar-refractivity contribution in [1.29, 1.82) is 0 Å². The Morgan fingerprint density at radius 3 is 1.61 bits per heavy atom. The molecule has 6 nitrogen and oxygen atoms in total. The van der Waals surface area contributed by atoms with Crippen LogP contribution in [0.4, 0.5) is 0 Å². The summed E-state index contributed by atoms with van der Waals surface area (Å²) in [5, 5.41) is 44.7. The highest BCUT2D eigenvalue weighted by molar-refractivity contribution is 6.60. The maximum absolute atomic E-state index is 9.14. The van der Waals surface area contributed by atoms with Crippen LogP contribution in [0.2, 0.25) is 0 Å². The van der Waals surface area contributed by atoms with Gasteiger partial charge in [0.2, 0.25) is 0 Å². The Bertz CT molecular complexity index is 626. The van der Waals surface area contributed by atoms with Crippen LogP contribution in [0.25, 0.3) is 0 Å². The van der Waals surface area contributed by atoms with Gasteiger partial charge in [-0.1, -0.05) is 24.3 Å². The van der Waals surface area contributed by atoms with E-state index < -0.39 is 14.2 Å². The predicted molar refractivity (Wildman–Crippen MR) is 90.2 cm³/mol. The first kappa shape index (κ1) is 19.1. The van der Waals surface area contributed by atoms with Crippen molar-refractivity contribution < 1.29 is 29.9 Å². The number of rotatable bonds is 3. The summed E-state index contributed by atoms with van der Waals surface area (Å²) in [6, 6.07) is 10.1. The molecule has 0 spiro atoms. The van der Waals surface area contributed by atoms with Gasteiger partial charge in [-0.05, 0) is 37.1 Å². The first-order valence-corrected chi connectivity index (χ1v) is 6.93. The second-order valence-corrected chi connectivity index (χ2v) is 4.95. The molecule has 0 heterocycles. The Hall–Kier alpha value is -1.99. The van der Waals surface area contributed by atoms with Crippen molar-refractivity contribution in [3.63, 3.8) is 0 Å². The Morgan fingerprint density at radius 1 is 0.783 bits per heavy atom. The van der Waals surface area contributed by atoms with E-state index in [1.54, 1.807) is 44.2 Å². The minimum atomic E-state index is -1.60. The third kappa shape index (κ3) is 5.01. The summed E-state index contributed by atoms with van der Waals surface area (Å²) in [6.45, 7) is 3.51. The Morgan fingerprint density at radius 2 is 1.26 bits per heavy atom. The summed E-state index contributed by atoms with van der Waals surface area (Å²) >= 11 is 0. The van der Waals surface area contributed by atoms with E-state index >= 15 is 0 Å². The maximum Gasteiger partial charge on any atom is 0.492 e. The van der Waals surface area contributed by atoms with Crippen molar-refractivity contribution in [3.05, 3.63) is 47.5 Å². The molecular formula is C15H20B2O6. The van der Waals surface area contributed by atoms with Crippen LogP contribution in [0.5, 0.6) is 11.5 Å². The van der Waals surface area contributed by atoms with Crippen molar-refractivity contribution in [2.75, 3.05) is 7.11 Å². The van der Waals surface area contributed by atoms with Crippen LogP contribution in [0.1, 0.15) is 11.1 Å². The fraction of sp³-hybridized carbons (Fsp3) is 0.200. The monoisotopic (exact) mass is 318 g/mol. The van der Waals surface area contributed by atoms with Crippen LogP contribution in [-0.4, -0.2) is 46.5 Å². The van der Waals surface area contributed by atoms with E-state index in [0.717, 1.165) is 5.56 Å². The smallest absolute Gasteiger partial charge is 0.492 e. The first-order valence-electron chi connectivity index (χ1n) is 6.93. The van der Waals surface area contributed by atoms with Crippen molar-refractivity contribution in [3.8, 4) is 11.5 Å². The van der Waals surface area contributed by atoms with Gasteiger partial charge in [0.1, 0.15) is 11.5 Å². The number of methoxy groups -OCH3 is 1. The maximum atomic E-state index is 9.14. The summed E-state index contributed by atoms with van der Waals surface area (Å²) in [5.41, 5.74) is 2.08. The van der Waals surface area contributed by atoms with E-state index in [9.17, 15) is 0 Å². The fourth-order valence-electron chi connectivity index (χ4n) is 2.16. The van der Waals surface area contributed by atoms with E-state index in [0.29, 0.717) is 16.8 Å². The Labute approximate surface area is 135 Å². The third-order valence-electron chi connectivity index (χ3n) is 3.32. The SMILES string of the molecule is COc1cccc(C)c1B(O)O.Cc1cccc(O)c1B(O)O. The number of aryl methyl sites for hydroxylation is 2. The normalized spacial score (nSPS) is 9.70. The minimum Gasteiger partial charge on any atom is -0.508 e. The van der Waals surface area contributed by atoms with E-state index in [2.05, 4.69) is 0 Å². The van der Waals surface area contributed by atoms with Crippen molar-refractivity contribution in [1.82, 2.24) is 0 Å². The molecule has 2 aromatic carbocycles.